The van der Waals surface area contributed by atoms with Gasteiger partial charge in [0.15, 0.2) is 0 Å². The Balaban J connectivity index is 1.85. The third kappa shape index (κ3) is 5.95. The van der Waals surface area contributed by atoms with Crippen LogP contribution in [0, 0.1) is 5.82 Å². The number of ether oxygens (including phenoxy) is 1. The average molecular weight is 350 g/mol. The Kier molecular flexibility index (Phi) is 6.56. The second kappa shape index (κ2) is 8.86. The molecule has 0 radical (unpaired) electrons. The van der Waals surface area contributed by atoms with E-state index in [0.717, 1.165) is 5.56 Å². The number of hydrazone groups is 1. The molecule has 0 aliphatic heterocycles. The number of aryl methyl sites for hydroxylation is 1. The molecule has 2 rings (SSSR count). The van der Waals surface area contributed by atoms with E-state index in [-0.39, 0.29) is 11.3 Å². The first-order valence-electron chi connectivity index (χ1n) is 7.57. The molecule has 0 saturated carbocycles. The molecular weight excluding hydrogens is 333 g/mol. The van der Waals surface area contributed by atoms with Crippen molar-refractivity contribution in [2.24, 2.45) is 5.10 Å². The standard InChI is InChI=1S/C18H17F3N2O2/c1-12(22-23-17(24)15-4-2-3-5-16(15)19)6-7-13-8-10-14(11-9-13)25-18(20)21/h2-5,8-11,18H,6-7H2,1H3,(H,23,24)/b22-12-. The Morgan fingerprint density at radius 3 is 2.48 bits per heavy atom. The molecule has 0 atom stereocenters. The highest BCUT2D eigenvalue weighted by Gasteiger charge is 2.09. The molecule has 4 nitrogen and oxygen atoms in total. The molecule has 0 fully saturated rings. The molecule has 0 aromatic heterocycles. The van der Waals surface area contributed by atoms with E-state index in [2.05, 4.69) is 15.3 Å². The largest absolute Gasteiger partial charge is 0.435 e. The zero-order valence-electron chi connectivity index (χ0n) is 13.5. The van der Waals surface area contributed by atoms with Crippen LogP contribution in [0.1, 0.15) is 29.3 Å². The van der Waals surface area contributed by atoms with Crippen molar-refractivity contribution in [3.05, 3.63) is 65.5 Å². The molecule has 0 spiro atoms. The smallest absolute Gasteiger partial charge is 0.387 e. The van der Waals surface area contributed by atoms with Gasteiger partial charge >= 0.3 is 6.61 Å². The van der Waals surface area contributed by atoms with E-state index in [9.17, 15) is 18.0 Å². The van der Waals surface area contributed by atoms with E-state index >= 15 is 0 Å². The van der Waals surface area contributed by atoms with Gasteiger partial charge in [0.05, 0.1) is 5.56 Å². The Hall–Kier alpha value is -2.83. The maximum Gasteiger partial charge on any atom is 0.387 e. The SMILES string of the molecule is C/C(CCc1ccc(OC(F)F)cc1)=N/NC(=O)c1ccccc1F. The third-order valence-corrected chi connectivity index (χ3v) is 3.39. The first-order valence-corrected chi connectivity index (χ1v) is 7.57. The first-order chi connectivity index (χ1) is 12.0. The van der Waals surface area contributed by atoms with Crippen molar-refractivity contribution in [3.63, 3.8) is 0 Å². The lowest BCUT2D eigenvalue weighted by Gasteiger charge is -2.06. The van der Waals surface area contributed by atoms with Gasteiger partial charge in [-0.05, 0) is 49.6 Å². The molecule has 7 heteroatoms. The van der Waals surface area contributed by atoms with Gasteiger partial charge < -0.3 is 4.74 Å². The van der Waals surface area contributed by atoms with E-state index in [0.29, 0.717) is 18.6 Å². The second-order valence-corrected chi connectivity index (χ2v) is 5.29. The minimum Gasteiger partial charge on any atom is -0.435 e. The second-order valence-electron chi connectivity index (χ2n) is 5.29. The van der Waals surface area contributed by atoms with Gasteiger partial charge in [0.25, 0.3) is 5.91 Å². The Morgan fingerprint density at radius 1 is 1.16 bits per heavy atom. The molecule has 2 aromatic carbocycles. The number of carbonyl (C=O) groups is 1. The van der Waals surface area contributed by atoms with Crippen LogP contribution in [0.2, 0.25) is 0 Å². The number of hydrogen-bond donors (Lipinski definition) is 1. The van der Waals surface area contributed by atoms with Gasteiger partial charge in [0.2, 0.25) is 0 Å². The molecule has 0 saturated heterocycles. The Labute approximate surface area is 143 Å². The van der Waals surface area contributed by atoms with Crippen molar-refractivity contribution >= 4 is 11.6 Å². The Morgan fingerprint density at radius 2 is 1.84 bits per heavy atom. The van der Waals surface area contributed by atoms with Crippen LogP contribution in [0.5, 0.6) is 5.75 Å². The number of halogens is 3. The van der Waals surface area contributed by atoms with E-state index in [4.69, 9.17) is 0 Å². The fourth-order valence-corrected chi connectivity index (χ4v) is 2.07. The fourth-order valence-electron chi connectivity index (χ4n) is 2.07. The highest BCUT2D eigenvalue weighted by molar-refractivity contribution is 5.95. The van der Waals surface area contributed by atoms with Crippen LogP contribution in [0.4, 0.5) is 13.2 Å². The molecule has 1 amide bonds. The summed E-state index contributed by atoms with van der Waals surface area (Å²) >= 11 is 0. The molecule has 25 heavy (non-hydrogen) atoms. The lowest BCUT2D eigenvalue weighted by atomic mass is 10.1. The van der Waals surface area contributed by atoms with Crippen LogP contribution in [0.15, 0.2) is 53.6 Å². The minimum absolute atomic E-state index is 0.0753. The van der Waals surface area contributed by atoms with Crippen LogP contribution in [0.3, 0.4) is 0 Å². The molecule has 0 bridgehead atoms. The number of hydrogen-bond acceptors (Lipinski definition) is 3. The van der Waals surface area contributed by atoms with Crippen LogP contribution in [-0.2, 0) is 6.42 Å². The zero-order valence-corrected chi connectivity index (χ0v) is 13.5. The molecule has 1 N–H and O–H groups in total. The number of amides is 1. The van der Waals surface area contributed by atoms with Crippen LogP contribution in [-0.4, -0.2) is 18.2 Å². The molecule has 132 valence electrons. The number of nitrogens with one attached hydrogen (secondary N) is 1. The van der Waals surface area contributed by atoms with Gasteiger partial charge in [0.1, 0.15) is 11.6 Å². The van der Waals surface area contributed by atoms with Gasteiger partial charge in [-0.15, -0.1) is 0 Å². The summed E-state index contributed by atoms with van der Waals surface area (Å²) in [5, 5.41) is 3.94. The number of benzene rings is 2. The number of alkyl halides is 2. The van der Waals surface area contributed by atoms with E-state index < -0.39 is 18.3 Å². The number of rotatable bonds is 7. The Bertz CT molecular complexity index is 746. The van der Waals surface area contributed by atoms with Gasteiger partial charge in [0, 0.05) is 5.71 Å². The quantitative estimate of drug-likeness (QED) is 0.602. The third-order valence-electron chi connectivity index (χ3n) is 3.39. The summed E-state index contributed by atoms with van der Waals surface area (Å²) in [6.07, 6.45) is 1.16. The highest BCUT2D eigenvalue weighted by atomic mass is 19.3. The van der Waals surface area contributed by atoms with Crippen molar-refractivity contribution in [3.8, 4) is 5.75 Å². The fraction of sp³-hybridized carbons (Fsp3) is 0.222. The zero-order chi connectivity index (χ0) is 18.2. The summed E-state index contributed by atoms with van der Waals surface area (Å²) in [5.41, 5.74) is 3.80. The van der Waals surface area contributed by atoms with Crippen molar-refractivity contribution in [2.75, 3.05) is 0 Å². The molecular formula is C18H17F3N2O2. The summed E-state index contributed by atoms with van der Waals surface area (Å²) in [7, 11) is 0. The number of nitrogens with zero attached hydrogens (tertiary/aromatic N) is 1. The molecule has 0 aliphatic carbocycles. The van der Waals surface area contributed by atoms with Crippen molar-refractivity contribution < 1.29 is 22.7 Å². The molecule has 0 aliphatic rings. The number of carbonyl (C=O) groups excluding carboxylic acids is 1. The summed E-state index contributed by atoms with van der Waals surface area (Å²) in [6.45, 7) is -1.12. The summed E-state index contributed by atoms with van der Waals surface area (Å²) in [5.74, 6) is -1.13. The maximum atomic E-state index is 13.5. The molecule has 0 heterocycles. The van der Waals surface area contributed by atoms with Crippen LogP contribution >= 0.6 is 0 Å². The minimum atomic E-state index is -2.85. The average Bonchev–Trinajstić information content (AvgIpc) is 2.59. The maximum absolute atomic E-state index is 13.5. The monoisotopic (exact) mass is 350 g/mol. The lowest BCUT2D eigenvalue weighted by Crippen LogP contribution is -2.20. The normalized spacial score (nSPS) is 11.5. The van der Waals surface area contributed by atoms with E-state index in [1.54, 1.807) is 25.1 Å². The molecule has 2 aromatic rings. The van der Waals surface area contributed by atoms with Crippen LogP contribution < -0.4 is 10.2 Å². The van der Waals surface area contributed by atoms with Gasteiger partial charge in [-0.25, -0.2) is 9.82 Å². The van der Waals surface area contributed by atoms with Gasteiger partial charge in [-0.3, -0.25) is 4.79 Å². The summed E-state index contributed by atoms with van der Waals surface area (Å²) in [4.78, 5) is 11.8. The van der Waals surface area contributed by atoms with Gasteiger partial charge in [-0.2, -0.15) is 13.9 Å². The van der Waals surface area contributed by atoms with E-state index in [1.807, 2.05) is 0 Å². The predicted octanol–water partition coefficient (Wildman–Crippen LogP) is 4.17. The summed E-state index contributed by atoms with van der Waals surface area (Å²) < 4.78 is 41.9. The van der Waals surface area contributed by atoms with E-state index in [1.165, 1.54) is 30.3 Å². The lowest BCUT2D eigenvalue weighted by molar-refractivity contribution is -0.0498. The topological polar surface area (TPSA) is 50.7 Å². The highest BCUT2D eigenvalue weighted by Crippen LogP contribution is 2.16. The van der Waals surface area contributed by atoms with Gasteiger partial charge in [-0.1, -0.05) is 24.3 Å². The van der Waals surface area contributed by atoms with Crippen LogP contribution in [0.25, 0.3) is 0 Å². The van der Waals surface area contributed by atoms with Crippen molar-refractivity contribution in [1.82, 2.24) is 5.43 Å². The van der Waals surface area contributed by atoms with Crippen molar-refractivity contribution in [2.45, 2.75) is 26.4 Å². The molecule has 0 unspecified atom stereocenters. The summed E-state index contributed by atoms with van der Waals surface area (Å²) in [6, 6.07) is 11.9. The first kappa shape index (κ1) is 18.5. The predicted molar refractivity (Wildman–Crippen MR) is 88.4 cm³/mol. The van der Waals surface area contributed by atoms with Crippen molar-refractivity contribution in [1.29, 1.82) is 0 Å².